The lowest BCUT2D eigenvalue weighted by molar-refractivity contribution is -0.132. The van der Waals surface area contributed by atoms with E-state index in [1.165, 1.54) is 17.3 Å². The van der Waals surface area contributed by atoms with Crippen molar-refractivity contribution >= 4 is 27.5 Å². The summed E-state index contributed by atoms with van der Waals surface area (Å²) in [7, 11) is -3.03. The molecule has 1 aliphatic carbocycles. The standard InChI is InChI=1S/C20H26N4O3S2/c1-14-6-8-15(9-7-14)19-21-20(23-22-19)28-12-18(25)24(16-4-2-3-5-16)17-10-11-29(26,27)13-17/h6-9,16-17H,2-5,10-13H2,1H3,(H,21,22,23)/t17-/m0/s1. The summed E-state index contributed by atoms with van der Waals surface area (Å²) in [5, 5.41) is 7.68. The topological polar surface area (TPSA) is 96.0 Å². The highest BCUT2D eigenvalue weighted by Crippen LogP contribution is 2.30. The zero-order valence-electron chi connectivity index (χ0n) is 16.5. The number of nitrogens with one attached hydrogen (secondary N) is 1. The van der Waals surface area contributed by atoms with E-state index in [1.807, 2.05) is 36.1 Å². The van der Waals surface area contributed by atoms with Gasteiger partial charge in [0.2, 0.25) is 11.1 Å². The van der Waals surface area contributed by atoms with E-state index in [0.29, 0.717) is 17.4 Å². The number of hydrogen-bond acceptors (Lipinski definition) is 6. The third-order valence-corrected chi connectivity index (χ3v) is 8.30. The Labute approximate surface area is 175 Å². The smallest absolute Gasteiger partial charge is 0.233 e. The minimum atomic E-state index is -3.03. The van der Waals surface area contributed by atoms with Crippen LogP contribution in [-0.4, -0.2) is 63.7 Å². The number of aromatic nitrogens is 3. The van der Waals surface area contributed by atoms with E-state index in [1.54, 1.807) is 0 Å². The number of nitrogens with zero attached hydrogens (tertiary/aromatic N) is 3. The highest BCUT2D eigenvalue weighted by molar-refractivity contribution is 7.99. The van der Waals surface area contributed by atoms with Gasteiger partial charge in [0.25, 0.3) is 0 Å². The van der Waals surface area contributed by atoms with Crippen LogP contribution in [0.2, 0.25) is 0 Å². The third-order valence-electron chi connectivity index (χ3n) is 5.72. The molecule has 156 valence electrons. The summed E-state index contributed by atoms with van der Waals surface area (Å²) in [5.74, 6) is 1.17. The van der Waals surface area contributed by atoms with Crippen LogP contribution in [0.5, 0.6) is 0 Å². The Balaban J connectivity index is 1.42. The van der Waals surface area contributed by atoms with Crippen LogP contribution in [0.25, 0.3) is 11.4 Å². The summed E-state index contributed by atoms with van der Waals surface area (Å²) < 4.78 is 23.9. The molecule has 2 fully saturated rings. The summed E-state index contributed by atoms with van der Waals surface area (Å²) >= 11 is 1.30. The normalized spacial score (nSPS) is 21.5. The zero-order valence-corrected chi connectivity index (χ0v) is 18.1. The maximum atomic E-state index is 13.1. The predicted octanol–water partition coefficient (Wildman–Crippen LogP) is 2.83. The number of sulfone groups is 1. The van der Waals surface area contributed by atoms with Gasteiger partial charge in [0.05, 0.1) is 17.3 Å². The van der Waals surface area contributed by atoms with Crippen molar-refractivity contribution < 1.29 is 13.2 Å². The lowest BCUT2D eigenvalue weighted by atomic mass is 10.1. The van der Waals surface area contributed by atoms with Crippen LogP contribution in [0.4, 0.5) is 0 Å². The fourth-order valence-corrected chi connectivity index (χ4v) is 6.61. The number of thioether (sulfide) groups is 1. The lowest BCUT2D eigenvalue weighted by Gasteiger charge is -2.34. The minimum absolute atomic E-state index is 0.00862. The van der Waals surface area contributed by atoms with Gasteiger partial charge >= 0.3 is 0 Å². The Morgan fingerprint density at radius 2 is 1.90 bits per heavy atom. The quantitative estimate of drug-likeness (QED) is 0.703. The van der Waals surface area contributed by atoms with Gasteiger partial charge in [-0.1, -0.05) is 54.4 Å². The SMILES string of the molecule is Cc1ccc(-c2nc(SCC(=O)N(C3CCCC3)[C@H]3CCS(=O)(=O)C3)n[nH]2)cc1. The van der Waals surface area contributed by atoms with E-state index in [4.69, 9.17) is 0 Å². The second kappa shape index (κ2) is 8.47. The number of H-pyrrole nitrogens is 1. The summed E-state index contributed by atoms with van der Waals surface area (Å²) in [5.41, 5.74) is 2.12. The predicted molar refractivity (Wildman–Crippen MR) is 113 cm³/mol. The highest BCUT2D eigenvalue weighted by atomic mass is 32.2. The molecular weight excluding hydrogens is 408 g/mol. The van der Waals surface area contributed by atoms with Gasteiger partial charge < -0.3 is 4.90 Å². The molecule has 29 heavy (non-hydrogen) atoms. The first kappa shape index (κ1) is 20.4. The second-order valence-electron chi connectivity index (χ2n) is 7.92. The molecule has 1 atom stereocenters. The first-order chi connectivity index (χ1) is 13.9. The molecule has 0 unspecified atom stereocenters. The van der Waals surface area contributed by atoms with E-state index in [2.05, 4.69) is 15.2 Å². The molecular formula is C20H26N4O3S2. The minimum Gasteiger partial charge on any atom is -0.335 e. The average molecular weight is 435 g/mol. The van der Waals surface area contributed by atoms with Gasteiger partial charge in [-0.15, -0.1) is 5.10 Å². The largest absolute Gasteiger partial charge is 0.335 e. The van der Waals surface area contributed by atoms with Crippen molar-refractivity contribution in [3.05, 3.63) is 29.8 Å². The number of amides is 1. The van der Waals surface area contributed by atoms with Gasteiger partial charge in [0.1, 0.15) is 0 Å². The summed E-state index contributed by atoms with van der Waals surface area (Å²) in [6.45, 7) is 2.03. The molecule has 1 saturated carbocycles. The maximum Gasteiger partial charge on any atom is 0.233 e. The Morgan fingerprint density at radius 1 is 1.17 bits per heavy atom. The summed E-state index contributed by atoms with van der Waals surface area (Å²) in [6.07, 6.45) is 4.67. The van der Waals surface area contributed by atoms with Crippen molar-refractivity contribution in [3.8, 4) is 11.4 Å². The number of rotatable bonds is 6. The van der Waals surface area contributed by atoms with Crippen LogP contribution < -0.4 is 0 Å². The van der Waals surface area contributed by atoms with Crippen LogP contribution in [0.15, 0.2) is 29.4 Å². The number of benzene rings is 1. The Hall–Kier alpha value is -1.87. The molecule has 2 heterocycles. The second-order valence-corrected chi connectivity index (χ2v) is 11.1. The maximum absolute atomic E-state index is 13.1. The Morgan fingerprint density at radius 3 is 2.55 bits per heavy atom. The van der Waals surface area contributed by atoms with Crippen molar-refractivity contribution in [1.29, 1.82) is 0 Å². The van der Waals surface area contributed by atoms with Gasteiger partial charge in [-0.25, -0.2) is 13.4 Å². The molecule has 1 N–H and O–H groups in total. The first-order valence-corrected chi connectivity index (χ1v) is 12.9. The Kier molecular flexibility index (Phi) is 5.96. The van der Waals surface area contributed by atoms with Gasteiger partial charge in [-0.2, -0.15) is 0 Å². The number of carbonyl (C=O) groups excluding carboxylic acids is 1. The van der Waals surface area contributed by atoms with E-state index in [-0.39, 0.29) is 35.2 Å². The molecule has 1 amide bonds. The van der Waals surface area contributed by atoms with Crippen molar-refractivity contribution in [1.82, 2.24) is 20.1 Å². The lowest BCUT2D eigenvalue weighted by Crippen LogP contribution is -2.47. The Bertz CT molecular complexity index is 966. The summed E-state index contributed by atoms with van der Waals surface area (Å²) in [6, 6.07) is 7.98. The van der Waals surface area contributed by atoms with Gasteiger partial charge in [0.15, 0.2) is 15.7 Å². The fourth-order valence-electron chi connectivity index (χ4n) is 4.23. The fraction of sp³-hybridized carbons (Fsp3) is 0.550. The van der Waals surface area contributed by atoms with E-state index in [0.717, 1.165) is 31.2 Å². The van der Waals surface area contributed by atoms with Crippen molar-refractivity contribution in [2.24, 2.45) is 0 Å². The van der Waals surface area contributed by atoms with Crippen LogP contribution in [0, 0.1) is 6.92 Å². The van der Waals surface area contributed by atoms with Crippen LogP contribution in [0.3, 0.4) is 0 Å². The van der Waals surface area contributed by atoms with Gasteiger partial charge in [-0.05, 0) is 26.2 Å². The molecule has 7 nitrogen and oxygen atoms in total. The number of hydrogen-bond donors (Lipinski definition) is 1. The molecule has 2 aliphatic rings. The average Bonchev–Trinajstić information content (AvgIpc) is 3.43. The molecule has 1 aromatic heterocycles. The monoisotopic (exact) mass is 434 g/mol. The van der Waals surface area contributed by atoms with Crippen LogP contribution >= 0.6 is 11.8 Å². The number of aromatic amines is 1. The number of aryl methyl sites for hydroxylation is 1. The van der Waals surface area contributed by atoms with E-state index < -0.39 is 9.84 Å². The highest BCUT2D eigenvalue weighted by Gasteiger charge is 2.38. The van der Waals surface area contributed by atoms with Crippen LogP contribution in [0.1, 0.15) is 37.7 Å². The molecule has 0 spiro atoms. The molecule has 4 rings (SSSR count). The molecule has 1 saturated heterocycles. The molecule has 0 bridgehead atoms. The zero-order chi connectivity index (χ0) is 20.4. The van der Waals surface area contributed by atoms with Gasteiger partial charge in [0, 0.05) is 17.6 Å². The summed E-state index contributed by atoms with van der Waals surface area (Å²) in [4.78, 5) is 19.4. The first-order valence-electron chi connectivity index (χ1n) is 10.0. The van der Waals surface area contributed by atoms with Crippen molar-refractivity contribution in [2.75, 3.05) is 17.3 Å². The van der Waals surface area contributed by atoms with E-state index >= 15 is 0 Å². The molecule has 0 radical (unpaired) electrons. The number of carbonyl (C=O) groups is 1. The molecule has 1 aliphatic heterocycles. The van der Waals surface area contributed by atoms with Gasteiger partial charge in [-0.3, -0.25) is 9.89 Å². The molecule has 1 aromatic carbocycles. The van der Waals surface area contributed by atoms with Crippen molar-refractivity contribution in [3.63, 3.8) is 0 Å². The van der Waals surface area contributed by atoms with Crippen LogP contribution in [-0.2, 0) is 14.6 Å². The third kappa shape index (κ3) is 4.83. The molecule has 2 aromatic rings. The van der Waals surface area contributed by atoms with E-state index in [9.17, 15) is 13.2 Å². The van der Waals surface area contributed by atoms with Crippen molar-refractivity contribution in [2.45, 2.75) is 56.3 Å². The molecule has 9 heteroatoms.